The lowest BCUT2D eigenvalue weighted by Gasteiger charge is -2.35. The summed E-state index contributed by atoms with van der Waals surface area (Å²) in [6.07, 6.45) is 2.21. The molecule has 0 saturated carbocycles. The summed E-state index contributed by atoms with van der Waals surface area (Å²) in [5, 5.41) is 33.1. The van der Waals surface area contributed by atoms with E-state index in [9.17, 15) is 34.2 Å². The van der Waals surface area contributed by atoms with E-state index in [1.54, 1.807) is 58.5 Å². The molecule has 2 aromatic heterocycles. The van der Waals surface area contributed by atoms with Gasteiger partial charge < -0.3 is 45.0 Å². The summed E-state index contributed by atoms with van der Waals surface area (Å²) in [6, 6.07) is 24.0. The van der Waals surface area contributed by atoms with Crippen LogP contribution < -0.4 is 10.6 Å². The van der Waals surface area contributed by atoms with Gasteiger partial charge in [0.2, 0.25) is 23.6 Å². The van der Waals surface area contributed by atoms with Crippen molar-refractivity contribution in [2.24, 2.45) is 11.8 Å². The number of aliphatic hydroxyl groups excluding tert-OH is 1. The summed E-state index contributed by atoms with van der Waals surface area (Å²) in [6.45, 7) is 9.81. The van der Waals surface area contributed by atoms with E-state index in [1.807, 2.05) is 101 Å². The van der Waals surface area contributed by atoms with E-state index in [2.05, 4.69) is 20.8 Å². The Morgan fingerprint density at radius 3 is 1.91 bits per heavy atom. The van der Waals surface area contributed by atoms with Crippen LogP contribution in [0.15, 0.2) is 113 Å². The Labute approximate surface area is 444 Å². The van der Waals surface area contributed by atoms with Gasteiger partial charge in [-0.25, -0.2) is 4.98 Å². The number of nitrogens with one attached hydrogen (secondary N) is 2. The number of carbonyl (C=O) groups excluding carboxylic acids is 6. The zero-order valence-corrected chi connectivity index (χ0v) is 44.0. The highest BCUT2D eigenvalue weighted by atomic mass is 32.1. The lowest BCUT2D eigenvalue weighted by atomic mass is 9.90. The zero-order valence-electron chi connectivity index (χ0n) is 43.1. The Morgan fingerprint density at radius 2 is 1.32 bits per heavy atom. The van der Waals surface area contributed by atoms with Crippen LogP contribution in [0.2, 0.25) is 0 Å². The molecule has 0 unspecified atom stereocenters. The van der Waals surface area contributed by atoms with E-state index in [0.29, 0.717) is 22.3 Å². The Kier molecular flexibility index (Phi) is 14.5. The highest BCUT2D eigenvalue weighted by Gasteiger charge is 2.52. The van der Waals surface area contributed by atoms with Gasteiger partial charge in [-0.15, -0.1) is 11.3 Å². The van der Waals surface area contributed by atoms with Crippen LogP contribution in [0.4, 0.5) is 0 Å². The standard InChI is InChI=1S/C58H62N8O9S/c1-33(2)49(56(72)63-29-44(67)21-47(63)52(68)59-24-36-10-15-39(16-11-36)43-26-62-75-30-43)65-28-42-20-38(14-19-46(42)55(65)71)22-58(74)23-48(53(69)60-25-37-12-17-40(18-13-37)51-35(5)61-32-76-51)66(31-58)57(73)50(34(3)4)64-27-41-8-6-7-9-45(41)54(64)70/h6-20,26,30,32-34,44,47-50,67,74H,21-25,27-29,31H2,1-5H3,(H,59,68)(H,60,69)/t44-,47+,48+,49+,50+,58-/m1/s1. The number of likely N-dealkylation sites (tertiary alicyclic amines) is 2. The van der Waals surface area contributed by atoms with Crippen molar-refractivity contribution in [2.45, 2.75) is 116 Å². The first kappa shape index (κ1) is 51.9. The minimum absolute atomic E-state index is 0.0297. The molecule has 0 aliphatic carbocycles. The Balaban J connectivity index is 0.844. The minimum Gasteiger partial charge on any atom is -0.391 e. The van der Waals surface area contributed by atoms with Crippen LogP contribution in [0, 0.1) is 18.8 Å². The molecule has 18 heteroatoms. The SMILES string of the molecule is Cc1ncsc1-c1ccc(CNC(=O)[C@@H]2C[C@](O)(Cc3ccc4c(c3)CN([C@H](C(=O)N3C[C@H](O)C[C@H]3C(=O)NCc3ccc(-c5cnoc5)cc3)C(C)C)C4=O)CN2C(=O)[C@H](C(C)C)N2Cc3ccccc3C2=O)cc1. The van der Waals surface area contributed by atoms with Crippen LogP contribution >= 0.6 is 11.3 Å². The molecule has 6 heterocycles. The summed E-state index contributed by atoms with van der Waals surface area (Å²) in [5.41, 5.74) is 8.60. The normalized spacial score (nSPS) is 20.9. The molecule has 76 heavy (non-hydrogen) atoms. The molecule has 2 saturated heterocycles. The van der Waals surface area contributed by atoms with Crippen molar-refractivity contribution in [3.8, 4) is 21.6 Å². The predicted octanol–water partition coefficient (Wildman–Crippen LogP) is 5.90. The number of nitrogens with zero attached hydrogens (tertiary/aromatic N) is 6. The molecule has 0 spiro atoms. The van der Waals surface area contributed by atoms with Crippen molar-refractivity contribution >= 4 is 46.8 Å². The van der Waals surface area contributed by atoms with E-state index in [4.69, 9.17) is 4.52 Å². The Morgan fingerprint density at radius 1 is 0.737 bits per heavy atom. The van der Waals surface area contributed by atoms with Gasteiger partial charge in [0.25, 0.3) is 11.8 Å². The number of amides is 6. The number of benzene rings is 4. The summed E-state index contributed by atoms with van der Waals surface area (Å²) < 4.78 is 4.94. The fourth-order valence-electron chi connectivity index (χ4n) is 11.5. The molecule has 2 fully saturated rings. The molecule has 4 aliphatic rings. The summed E-state index contributed by atoms with van der Waals surface area (Å²) in [7, 11) is 0. The highest BCUT2D eigenvalue weighted by molar-refractivity contribution is 7.13. The number of aliphatic hydroxyl groups is 2. The molecule has 0 bridgehead atoms. The Bertz CT molecular complexity index is 3180. The third-order valence-electron chi connectivity index (χ3n) is 15.3. The largest absolute Gasteiger partial charge is 0.391 e. The van der Waals surface area contributed by atoms with Crippen molar-refractivity contribution < 1.29 is 43.5 Å². The third-order valence-corrected chi connectivity index (χ3v) is 16.3. The lowest BCUT2D eigenvalue weighted by molar-refractivity contribution is -0.143. The van der Waals surface area contributed by atoms with Gasteiger partial charge in [-0.3, -0.25) is 28.8 Å². The second kappa shape index (κ2) is 21.2. The molecular weight excluding hydrogens is 985 g/mol. The quantitative estimate of drug-likeness (QED) is 0.0894. The first-order valence-corrected chi connectivity index (χ1v) is 26.7. The van der Waals surface area contributed by atoms with Gasteiger partial charge in [0, 0.05) is 68.7 Å². The highest BCUT2D eigenvalue weighted by Crippen LogP contribution is 2.37. The molecule has 4 aromatic carbocycles. The maximum atomic E-state index is 15.0. The van der Waals surface area contributed by atoms with E-state index < -0.39 is 59.5 Å². The number of carbonyl (C=O) groups is 6. The fraction of sp³-hybridized carbons (Fsp3) is 0.379. The van der Waals surface area contributed by atoms with Crippen LogP contribution in [0.3, 0.4) is 0 Å². The number of fused-ring (bicyclic) bond motifs is 2. The van der Waals surface area contributed by atoms with Crippen molar-refractivity contribution in [2.75, 3.05) is 13.1 Å². The second-order valence-electron chi connectivity index (χ2n) is 21.4. The van der Waals surface area contributed by atoms with Crippen molar-refractivity contribution in [3.63, 3.8) is 0 Å². The number of β-amino-alcohol motifs (C(OH)–C–C–N with tert-alkyl or cyclic N) is 2. The second-order valence-corrected chi connectivity index (χ2v) is 22.2. The van der Waals surface area contributed by atoms with Gasteiger partial charge >= 0.3 is 0 Å². The number of hydrogen-bond acceptors (Lipinski definition) is 12. The Hall–Kier alpha value is -7.54. The number of aromatic nitrogens is 2. The lowest BCUT2D eigenvalue weighted by Crippen LogP contribution is -2.55. The average molecular weight is 1050 g/mol. The van der Waals surface area contributed by atoms with Crippen LogP contribution in [0.25, 0.3) is 21.6 Å². The van der Waals surface area contributed by atoms with E-state index in [0.717, 1.165) is 44.0 Å². The molecule has 10 rings (SSSR count). The molecule has 6 amide bonds. The van der Waals surface area contributed by atoms with Gasteiger partial charge in [-0.05, 0) is 69.8 Å². The maximum Gasteiger partial charge on any atom is 0.255 e. The first-order chi connectivity index (χ1) is 36.5. The number of hydrogen-bond donors (Lipinski definition) is 4. The summed E-state index contributed by atoms with van der Waals surface area (Å²) in [5.74, 6) is -3.05. The van der Waals surface area contributed by atoms with Gasteiger partial charge in [-0.1, -0.05) is 112 Å². The summed E-state index contributed by atoms with van der Waals surface area (Å²) >= 11 is 1.55. The third kappa shape index (κ3) is 10.3. The van der Waals surface area contributed by atoms with Gasteiger partial charge in [-0.2, -0.15) is 0 Å². The van der Waals surface area contributed by atoms with Crippen LogP contribution in [-0.2, 0) is 51.8 Å². The predicted molar refractivity (Wildman–Crippen MR) is 283 cm³/mol. The first-order valence-electron chi connectivity index (χ1n) is 25.8. The van der Waals surface area contributed by atoms with E-state index >= 15 is 4.79 Å². The molecular formula is C58H62N8O9S. The van der Waals surface area contributed by atoms with Gasteiger partial charge in [0.1, 0.15) is 30.4 Å². The molecule has 4 N–H and O–H groups in total. The van der Waals surface area contributed by atoms with E-state index in [1.165, 1.54) is 14.7 Å². The molecule has 6 aromatic rings. The maximum absolute atomic E-state index is 15.0. The van der Waals surface area contributed by atoms with Crippen LogP contribution in [0.1, 0.15) is 94.8 Å². The topological polar surface area (TPSA) is 219 Å². The minimum atomic E-state index is -1.59. The summed E-state index contributed by atoms with van der Waals surface area (Å²) in [4.78, 5) is 97.2. The fourth-order valence-corrected chi connectivity index (χ4v) is 12.3. The number of rotatable bonds is 16. The molecule has 394 valence electrons. The molecule has 17 nitrogen and oxygen atoms in total. The average Bonchev–Trinajstić information content (AvgIpc) is 4.30. The van der Waals surface area contributed by atoms with E-state index in [-0.39, 0.29) is 82.2 Å². The van der Waals surface area contributed by atoms with Crippen molar-refractivity contribution in [1.29, 1.82) is 0 Å². The number of thiazole rings is 1. The van der Waals surface area contributed by atoms with Gasteiger partial charge in [0.15, 0.2) is 0 Å². The van der Waals surface area contributed by atoms with Gasteiger partial charge in [0.05, 0.1) is 40.5 Å². The molecule has 6 atom stereocenters. The van der Waals surface area contributed by atoms with Crippen LogP contribution in [0.5, 0.6) is 0 Å². The van der Waals surface area contributed by atoms with Crippen molar-refractivity contribution in [1.82, 2.24) is 40.4 Å². The zero-order chi connectivity index (χ0) is 53.6. The monoisotopic (exact) mass is 1050 g/mol. The van der Waals surface area contributed by atoms with Crippen molar-refractivity contribution in [3.05, 3.63) is 154 Å². The number of aryl methyl sites for hydroxylation is 1. The molecule has 4 aliphatic heterocycles. The van der Waals surface area contributed by atoms with Crippen LogP contribution in [-0.4, -0.2) is 124 Å². The smallest absolute Gasteiger partial charge is 0.255 e. The molecule has 0 radical (unpaired) electrons.